The standard InChI is InChI=1S/C16H15FN2O2/c1-12-3-2-4-15(9-12)21-11-16(20)19-18-10-13-5-7-14(17)8-6-13/h2-10H,11H2,1H3,(H,19,20)/b18-10-. The molecule has 2 rings (SSSR count). The second kappa shape index (κ2) is 7.19. The van der Waals surface area contributed by atoms with Crippen LogP contribution in [0.3, 0.4) is 0 Å². The Balaban J connectivity index is 1.78. The van der Waals surface area contributed by atoms with Crippen molar-refractivity contribution in [2.45, 2.75) is 6.92 Å². The summed E-state index contributed by atoms with van der Waals surface area (Å²) >= 11 is 0. The van der Waals surface area contributed by atoms with Gasteiger partial charge in [0, 0.05) is 0 Å². The molecule has 1 amide bonds. The fraction of sp³-hybridized carbons (Fsp3) is 0.125. The molecule has 0 radical (unpaired) electrons. The predicted molar refractivity (Wildman–Crippen MR) is 78.8 cm³/mol. The van der Waals surface area contributed by atoms with E-state index in [2.05, 4.69) is 10.5 Å². The molecule has 0 fully saturated rings. The highest BCUT2D eigenvalue weighted by molar-refractivity contribution is 5.82. The highest BCUT2D eigenvalue weighted by atomic mass is 19.1. The zero-order chi connectivity index (χ0) is 15.1. The van der Waals surface area contributed by atoms with Gasteiger partial charge in [-0.25, -0.2) is 9.82 Å². The van der Waals surface area contributed by atoms with E-state index in [1.165, 1.54) is 18.3 Å². The Morgan fingerprint density at radius 2 is 2.05 bits per heavy atom. The number of hydrogen-bond donors (Lipinski definition) is 1. The lowest BCUT2D eigenvalue weighted by Crippen LogP contribution is -2.24. The van der Waals surface area contributed by atoms with E-state index in [1.807, 2.05) is 25.1 Å². The first kappa shape index (κ1) is 14.7. The topological polar surface area (TPSA) is 50.7 Å². The minimum Gasteiger partial charge on any atom is -0.484 e. The molecule has 21 heavy (non-hydrogen) atoms. The molecule has 0 aliphatic heterocycles. The summed E-state index contributed by atoms with van der Waals surface area (Å²) in [5.41, 5.74) is 4.09. The van der Waals surface area contributed by atoms with E-state index < -0.39 is 0 Å². The van der Waals surface area contributed by atoms with E-state index in [0.29, 0.717) is 11.3 Å². The number of nitrogens with one attached hydrogen (secondary N) is 1. The monoisotopic (exact) mass is 286 g/mol. The Bertz CT molecular complexity index is 639. The lowest BCUT2D eigenvalue weighted by atomic mass is 10.2. The van der Waals surface area contributed by atoms with Crippen molar-refractivity contribution < 1.29 is 13.9 Å². The molecule has 0 saturated carbocycles. The molecular formula is C16H15FN2O2. The molecule has 108 valence electrons. The van der Waals surface area contributed by atoms with Gasteiger partial charge in [-0.15, -0.1) is 0 Å². The Hall–Kier alpha value is -2.69. The summed E-state index contributed by atoms with van der Waals surface area (Å²) in [6.07, 6.45) is 1.43. The first-order valence-corrected chi connectivity index (χ1v) is 6.40. The van der Waals surface area contributed by atoms with Gasteiger partial charge in [-0.05, 0) is 42.3 Å². The summed E-state index contributed by atoms with van der Waals surface area (Å²) in [6, 6.07) is 13.2. The van der Waals surface area contributed by atoms with Crippen molar-refractivity contribution in [2.24, 2.45) is 5.10 Å². The molecule has 0 aliphatic carbocycles. The van der Waals surface area contributed by atoms with Crippen molar-refractivity contribution in [1.29, 1.82) is 0 Å². The smallest absolute Gasteiger partial charge is 0.277 e. The van der Waals surface area contributed by atoms with Crippen LogP contribution in [0.4, 0.5) is 4.39 Å². The lowest BCUT2D eigenvalue weighted by molar-refractivity contribution is -0.123. The van der Waals surface area contributed by atoms with Gasteiger partial charge in [0.15, 0.2) is 6.61 Å². The second-order valence-electron chi connectivity index (χ2n) is 4.45. The number of carbonyl (C=O) groups is 1. The number of halogens is 1. The number of rotatable bonds is 5. The van der Waals surface area contributed by atoms with Crippen LogP contribution in [0.2, 0.25) is 0 Å². The minimum atomic E-state index is -0.366. The Morgan fingerprint density at radius 3 is 2.76 bits per heavy atom. The average Bonchev–Trinajstić information content (AvgIpc) is 2.47. The van der Waals surface area contributed by atoms with E-state index in [0.717, 1.165) is 5.56 Å². The van der Waals surface area contributed by atoms with Gasteiger partial charge < -0.3 is 4.74 Å². The molecule has 0 atom stereocenters. The number of hydrazone groups is 1. The van der Waals surface area contributed by atoms with E-state index >= 15 is 0 Å². The van der Waals surface area contributed by atoms with Gasteiger partial charge in [0.2, 0.25) is 0 Å². The largest absolute Gasteiger partial charge is 0.484 e. The van der Waals surface area contributed by atoms with Gasteiger partial charge in [-0.3, -0.25) is 4.79 Å². The molecule has 0 heterocycles. The summed E-state index contributed by atoms with van der Waals surface area (Å²) < 4.78 is 18.0. The second-order valence-corrected chi connectivity index (χ2v) is 4.45. The third-order valence-corrected chi connectivity index (χ3v) is 2.63. The zero-order valence-electron chi connectivity index (χ0n) is 11.5. The number of carbonyl (C=O) groups excluding carboxylic acids is 1. The zero-order valence-corrected chi connectivity index (χ0v) is 11.5. The maximum Gasteiger partial charge on any atom is 0.277 e. The average molecular weight is 286 g/mol. The Kier molecular flexibility index (Phi) is 5.04. The molecule has 5 heteroatoms. The fourth-order valence-corrected chi connectivity index (χ4v) is 1.61. The van der Waals surface area contributed by atoms with Crippen LogP contribution in [-0.2, 0) is 4.79 Å². The molecule has 4 nitrogen and oxygen atoms in total. The van der Waals surface area contributed by atoms with Gasteiger partial charge >= 0.3 is 0 Å². The Morgan fingerprint density at radius 1 is 1.29 bits per heavy atom. The van der Waals surface area contributed by atoms with Gasteiger partial charge in [0.25, 0.3) is 5.91 Å². The summed E-state index contributed by atoms with van der Waals surface area (Å²) in [7, 11) is 0. The number of amides is 1. The van der Waals surface area contributed by atoms with Crippen molar-refractivity contribution in [2.75, 3.05) is 6.61 Å². The number of nitrogens with zero attached hydrogens (tertiary/aromatic N) is 1. The predicted octanol–water partition coefficient (Wildman–Crippen LogP) is 2.66. The first-order valence-electron chi connectivity index (χ1n) is 6.40. The molecule has 0 spiro atoms. The van der Waals surface area contributed by atoms with Gasteiger partial charge in [-0.1, -0.05) is 24.3 Å². The van der Waals surface area contributed by atoms with Crippen LogP contribution in [0.25, 0.3) is 0 Å². The minimum absolute atomic E-state index is 0.121. The third kappa shape index (κ3) is 5.06. The maximum absolute atomic E-state index is 12.7. The maximum atomic E-state index is 12.7. The summed E-state index contributed by atoms with van der Waals surface area (Å²) in [6.45, 7) is 1.82. The Labute approximate surface area is 122 Å². The van der Waals surface area contributed by atoms with Gasteiger partial charge in [-0.2, -0.15) is 5.10 Å². The molecular weight excluding hydrogens is 271 g/mol. The van der Waals surface area contributed by atoms with E-state index in [1.54, 1.807) is 18.2 Å². The summed E-state index contributed by atoms with van der Waals surface area (Å²) in [4.78, 5) is 11.5. The highest BCUT2D eigenvalue weighted by Gasteiger charge is 2.01. The van der Waals surface area contributed by atoms with E-state index in [4.69, 9.17) is 4.74 Å². The quantitative estimate of drug-likeness (QED) is 0.678. The summed E-state index contributed by atoms with van der Waals surface area (Å²) in [5, 5.41) is 3.77. The molecule has 1 N–H and O–H groups in total. The molecule has 0 aromatic heterocycles. The van der Waals surface area contributed by atoms with Crippen molar-refractivity contribution in [3.05, 3.63) is 65.5 Å². The number of hydrogen-bond acceptors (Lipinski definition) is 3. The molecule has 0 aliphatic rings. The number of aryl methyl sites for hydroxylation is 1. The molecule has 0 saturated heterocycles. The van der Waals surface area contributed by atoms with Gasteiger partial charge in [0.1, 0.15) is 11.6 Å². The van der Waals surface area contributed by atoms with Crippen molar-refractivity contribution in [3.63, 3.8) is 0 Å². The van der Waals surface area contributed by atoms with E-state index in [9.17, 15) is 9.18 Å². The van der Waals surface area contributed by atoms with Gasteiger partial charge in [0.05, 0.1) is 6.21 Å². The normalized spacial score (nSPS) is 10.6. The fourth-order valence-electron chi connectivity index (χ4n) is 1.61. The molecule has 2 aromatic carbocycles. The molecule has 0 unspecified atom stereocenters. The number of benzene rings is 2. The van der Waals surface area contributed by atoms with Crippen LogP contribution >= 0.6 is 0 Å². The van der Waals surface area contributed by atoms with Crippen LogP contribution in [0.15, 0.2) is 53.6 Å². The lowest BCUT2D eigenvalue weighted by Gasteiger charge is -2.05. The number of ether oxygens (including phenoxy) is 1. The molecule has 2 aromatic rings. The van der Waals surface area contributed by atoms with Crippen LogP contribution in [0.1, 0.15) is 11.1 Å². The molecule has 0 bridgehead atoms. The van der Waals surface area contributed by atoms with Crippen molar-refractivity contribution >= 4 is 12.1 Å². The highest BCUT2D eigenvalue weighted by Crippen LogP contribution is 2.11. The van der Waals surface area contributed by atoms with Crippen molar-refractivity contribution in [1.82, 2.24) is 5.43 Å². The first-order chi connectivity index (χ1) is 10.1. The van der Waals surface area contributed by atoms with Crippen LogP contribution in [0.5, 0.6) is 5.75 Å². The third-order valence-electron chi connectivity index (χ3n) is 2.63. The van der Waals surface area contributed by atoms with E-state index in [-0.39, 0.29) is 18.3 Å². The van der Waals surface area contributed by atoms with Crippen LogP contribution in [-0.4, -0.2) is 18.7 Å². The summed E-state index contributed by atoms with van der Waals surface area (Å²) in [5.74, 6) is -0.0507. The van der Waals surface area contributed by atoms with Crippen molar-refractivity contribution in [3.8, 4) is 5.75 Å². The van der Waals surface area contributed by atoms with Crippen LogP contribution in [0, 0.1) is 12.7 Å². The SMILES string of the molecule is Cc1cccc(OCC(=O)N/N=C\c2ccc(F)cc2)c1. The van der Waals surface area contributed by atoms with Crippen LogP contribution < -0.4 is 10.2 Å².